The highest BCUT2D eigenvalue weighted by Crippen LogP contribution is 2.37. The van der Waals surface area contributed by atoms with Crippen molar-refractivity contribution in [3.63, 3.8) is 0 Å². The molecule has 8 rings (SSSR count). The van der Waals surface area contributed by atoms with Crippen molar-refractivity contribution < 1.29 is 4.42 Å². The standard InChI is InChI=1S/C34H19N3O/c35-20-23-19-34(36-29-10-4-1-7-24(23)29)37-30-11-5-2-8-25(30)27-17-21(13-15-31(27)37)22-14-16-33-28(18-22)26-9-3-6-12-32(26)38-33/h1-19H. The summed E-state index contributed by atoms with van der Waals surface area (Å²) in [5.41, 5.74) is 7.61. The summed E-state index contributed by atoms with van der Waals surface area (Å²) < 4.78 is 8.20. The van der Waals surface area contributed by atoms with Crippen LogP contribution in [0.1, 0.15) is 5.56 Å². The maximum Gasteiger partial charge on any atom is 0.139 e. The number of benzene rings is 5. The van der Waals surface area contributed by atoms with Crippen molar-refractivity contribution in [3.8, 4) is 23.0 Å². The first kappa shape index (κ1) is 20.8. The molecule has 0 radical (unpaired) electrons. The van der Waals surface area contributed by atoms with Crippen molar-refractivity contribution in [2.75, 3.05) is 0 Å². The third-order valence-electron chi connectivity index (χ3n) is 7.43. The lowest BCUT2D eigenvalue weighted by Crippen LogP contribution is -1.99. The molecule has 8 aromatic rings. The normalized spacial score (nSPS) is 11.7. The van der Waals surface area contributed by atoms with Gasteiger partial charge in [0.2, 0.25) is 0 Å². The fourth-order valence-electron chi connectivity index (χ4n) is 5.67. The van der Waals surface area contributed by atoms with Crippen LogP contribution in [0.25, 0.3) is 71.6 Å². The first-order valence-corrected chi connectivity index (χ1v) is 12.5. The first-order valence-electron chi connectivity index (χ1n) is 12.5. The van der Waals surface area contributed by atoms with Gasteiger partial charge in [0.1, 0.15) is 17.0 Å². The number of aromatic nitrogens is 2. The number of nitrogens with zero attached hydrogens (tertiary/aromatic N) is 3. The van der Waals surface area contributed by atoms with E-state index >= 15 is 0 Å². The van der Waals surface area contributed by atoms with Gasteiger partial charge in [-0.05, 0) is 59.7 Å². The molecule has 4 heteroatoms. The number of furan rings is 1. The van der Waals surface area contributed by atoms with Crippen LogP contribution in [-0.2, 0) is 0 Å². The summed E-state index contributed by atoms with van der Waals surface area (Å²) in [5, 5.41) is 15.3. The Labute approximate surface area is 217 Å². The second-order valence-electron chi connectivity index (χ2n) is 9.55. The van der Waals surface area contributed by atoms with Crippen molar-refractivity contribution in [1.82, 2.24) is 9.55 Å². The van der Waals surface area contributed by atoms with Gasteiger partial charge in [-0.3, -0.25) is 4.57 Å². The van der Waals surface area contributed by atoms with Crippen molar-refractivity contribution in [3.05, 3.63) is 121 Å². The van der Waals surface area contributed by atoms with Crippen molar-refractivity contribution in [2.24, 2.45) is 0 Å². The van der Waals surface area contributed by atoms with Gasteiger partial charge in [-0.1, -0.05) is 66.7 Å². The molecule has 0 bridgehead atoms. The number of fused-ring (bicyclic) bond motifs is 7. The Kier molecular flexibility index (Phi) is 4.26. The fraction of sp³-hybridized carbons (Fsp3) is 0. The SMILES string of the molecule is N#Cc1cc(-n2c3ccccc3c3cc(-c4ccc5oc6ccccc6c5c4)ccc32)nc2ccccc12. The Hall–Kier alpha value is -5.40. The van der Waals surface area contributed by atoms with Gasteiger partial charge < -0.3 is 4.42 Å². The molecule has 0 aliphatic rings. The van der Waals surface area contributed by atoms with E-state index in [4.69, 9.17) is 9.40 Å². The van der Waals surface area contributed by atoms with E-state index < -0.39 is 0 Å². The summed E-state index contributed by atoms with van der Waals surface area (Å²) >= 11 is 0. The molecule has 0 saturated carbocycles. The van der Waals surface area contributed by atoms with Gasteiger partial charge in [0.05, 0.1) is 28.2 Å². The van der Waals surface area contributed by atoms with E-state index in [0.717, 1.165) is 71.6 Å². The van der Waals surface area contributed by atoms with Crippen LogP contribution >= 0.6 is 0 Å². The van der Waals surface area contributed by atoms with Gasteiger partial charge in [0.25, 0.3) is 0 Å². The Morgan fingerprint density at radius 2 is 1.24 bits per heavy atom. The molecule has 0 aliphatic carbocycles. The molecule has 0 atom stereocenters. The molecule has 0 amide bonds. The first-order chi connectivity index (χ1) is 18.8. The molecule has 0 fully saturated rings. The zero-order valence-corrected chi connectivity index (χ0v) is 20.2. The average molecular weight is 486 g/mol. The molecule has 0 saturated heterocycles. The zero-order valence-electron chi connectivity index (χ0n) is 20.2. The zero-order chi connectivity index (χ0) is 25.2. The van der Waals surface area contributed by atoms with Crippen LogP contribution < -0.4 is 0 Å². The molecule has 176 valence electrons. The monoisotopic (exact) mass is 485 g/mol. The third-order valence-corrected chi connectivity index (χ3v) is 7.43. The summed E-state index contributed by atoms with van der Waals surface area (Å²) in [6, 6.07) is 41.5. The van der Waals surface area contributed by atoms with E-state index in [2.05, 4.69) is 71.3 Å². The van der Waals surface area contributed by atoms with Gasteiger partial charge in [-0.15, -0.1) is 0 Å². The summed E-state index contributed by atoms with van der Waals surface area (Å²) in [4.78, 5) is 4.97. The number of hydrogen-bond donors (Lipinski definition) is 0. The molecule has 0 unspecified atom stereocenters. The van der Waals surface area contributed by atoms with Crippen LogP contribution in [0.15, 0.2) is 120 Å². The molecular formula is C34H19N3O. The van der Waals surface area contributed by atoms with Crippen LogP contribution in [0.2, 0.25) is 0 Å². The largest absolute Gasteiger partial charge is 0.456 e. The summed E-state index contributed by atoms with van der Waals surface area (Å²) in [6.07, 6.45) is 0. The smallest absolute Gasteiger partial charge is 0.139 e. The van der Waals surface area contributed by atoms with Gasteiger partial charge >= 0.3 is 0 Å². The third kappa shape index (κ3) is 2.93. The van der Waals surface area contributed by atoms with E-state index in [0.29, 0.717) is 5.56 Å². The Morgan fingerprint density at radius 1 is 0.579 bits per heavy atom. The summed E-state index contributed by atoms with van der Waals surface area (Å²) in [5.74, 6) is 0.741. The minimum Gasteiger partial charge on any atom is -0.456 e. The minimum atomic E-state index is 0.619. The maximum atomic E-state index is 9.88. The Balaban J connectivity index is 1.38. The van der Waals surface area contributed by atoms with E-state index in [-0.39, 0.29) is 0 Å². The number of nitriles is 1. The molecule has 0 N–H and O–H groups in total. The molecule has 38 heavy (non-hydrogen) atoms. The van der Waals surface area contributed by atoms with Crippen molar-refractivity contribution in [1.29, 1.82) is 5.26 Å². The molecule has 0 spiro atoms. The quantitative estimate of drug-likeness (QED) is 0.246. The van der Waals surface area contributed by atoms with Crippen LogP contribution in [0.4, 0.5) is 0 Å². The van der Waals surface area contributed by atoms with Crippen molar-refractivity contribution >= 4 is 54.6 Å². The minimum absolute atomic E-state index is 0.619. The van der Waals surface area contributed by atoms with Gasteiger partial charge in [0, 0.05) is 26.9 Å². The topological polar surface area (TPSA) is 54.8 Å². The van der Waals surface area contributed by atoms with Gasteiger partial charge in [0.15, 0.2) is 0 Å². The number of pyridine rings is 1. The lowest BCUT2D eigenvalue weighted by atomic mass is 10.0. The average Bonchev–Trinajstić information content (AvgIpc) is 3.51. The number of hydrogen-bond acceptors (Lipinski definition) is 3. The van der Waals surface area contributed by atoms with Crippen LogP contribution in [0, 0.1) is 11.3 Å². The molecule has 0 aliphatic heterocycles. The highest BCUT2D eigenvalue weighted by atomic mass is 16.3. The lowest BCUT2D eigenvalue weighted by Gasteiger charge is -2.10. The molecule has 5 aromatic carbocycles. The molecule has 3 aromatic heterocycles. The van der Waals surface area contributed by atoms with E-state index in [1.165, 1.54) is 0 Å². The second-order valence-corrected chi connectivity index (χ2v) is 9.55. The van der Waals surface area contributed by atoms with E-state index in [1.807, 2.05) is 54.6 Å². The predicted molar refractivity (Wildman–Crippen MR) is 154 cm³/mol. The predicted octanol–water partition coefficient (Wildman–Crippen LogP) is 8.77. The van der Waals surface area contributed by atoms with Gasteiger partial charge in [-0.25, -0.2) is 4.98 Å². The lowest BCUT2D eigenvalue weighted by molar-refractivity contribution is 0.669. The molecular weight excluding hydrogens is 466 g/mol. The maximum absolute atomic E-state index is 9.88. The van der Waals surface area contributed by atoms with Crippen molar-refractivity contribution in [2.45, 2.75) is 0 Å². The fourth-order valence-corrected chi connectivity index (χ4v) is 5.67. The summed E-state index contributed by atoms with van der Waals surface area (Å²) in [6.45, 7) is 0. The van der Waals surface area contributed by atoms with E-state index in [9.17, 15) is 5.26 Å². The van der Waals surface area contributed by atoms with E-state index in [1.54, 1.807) is 0 Å². The molecule has 3 heterocycles. The van der Waals surface area contributed by atoms with Crippen LogP contribution in [0.5, 0.6) is 0 Å². The Bertz CT molecular complexity index is 2260. The molecule has 4 nitrogen and oxygen atoms in total. The second kappa shape index (κ2) is 7.80. The summed E-state index contributed by atoms with van der Waals surface area (Å²) in [7, 11) is 0. The van der Waals surface area contributed by atoms with Crippen LogP contribution in [-0.4, -0.2) is 9.55 Å². The van der Waals surface area contributed by atoms with Gasteiger partial charge in [-0.2, -0.15) is 5.26 Å². The Morgan fingerprint density at radius 3 is 2.11 bits per heavy atom. The van der Waals surface area contributed by atoms with Crippen LogP contribution in [0.3, 0.4) is 0 Å². The highest BCUT2D eigenvalue weighted by Gasteiger charge is 2.16. The number of rotatable bonds is 2. The number of para-hydroxylation sites is 3. The highest BCUT2D eigenvalue weighted by molar-refractivity contribution is 6.11.